The van der Waals surface area contributed by atoms with Crippen molar-refractivity contribution in [1.82, 2.24) is 14.5 Å². The van der Waals surface area contributed by atoms with E-state index in [1.54, 1.807) is 12.5 Å². The quantitative estimate of drug-likeness (QED) is 0.625. The van der Waals surface area contributed by atoms with Gasteiger partial charge < -0.3 is 9.30 Å². The standard InChI is InChI=1S/C20H20F3N3O/c21-20(22,23)16-7-5-14(6-8-16)15-11-18-19(24-12-15)25-13-26(18)9-10-27-17-3-1-2-4-17/h5-8,11-13,17H,1-4,9-10H2. The van der Waals surface area contributed by atoms with E-state index >= 15 is 0 Å². The first kappa shape index (κ1) is 18.0. The van der Waals surface area contributed by atoms with Gasteiger partial charge in [0.2, 0.25) is 0 Å². The number of hydrogen-bond donors (Lipinski definition) is 0. The molecule has 1 aromatic carbocycles. The van der Waals surface area contributed by atoms with Crippen LogP contribution in [0.5, 0.6) is 0 Å². The third-order valence-electron chi connectivity index (χ3n) is 5.01. The van der Waals surface area contributed by atoms with E-state index in [1.807, 2.05) is 10.6 Å². The Morgan fingerprint density at radius 2 is 1.78 bits per heavy atom. The largest absolute Gasteiger partial charge is 0.416 e. The molecule has 7 heteroatoms. The second-order valence-electron chi connectivity index (χ2n) is 6.86. The summed E-state index contributed by atoms with van der Waals surface area (Å²) < 4.78 is 46.1. The molecule has 0 N–H and O–H groups in total. The SMILES string of the molecule is FC(F)(F)c1ccc(-c2cnc3ncn(CCOC4CCCC4)c3c2)cc1. The summed E-state index contributed by atoms with van der Waals surface area (Å²) in [5.74, 6) is 0. The molecule has 27 heavy (non-hydrogen) atoms. The van der Waals surface area contributed by atoms with Gasteiger partial charge in [-0.2, -0.15) is 13.2 Å². The van der Waals surface area contributed by atoms with Crippen molar-refractivity contribution >= 4 is 11.2 Å². The Morgan fingerprint density at radius 3 is 2.48 bits per heavy atom. The highest BCUT2D eigenvalue weighted by atomic mass is 19.4. The molecule has 1 aliphatic carbocycles. The molecule has 1 aliphatic rings. The first-order valence-corrected chi connectivity index (χ1v) is 9.11. The van der Waals surface area contributed by atoms with Crippen LogP contribution in [0.25, 0.3) is 22.3 Å². The van der Waals surface area contributed by atoms with Crippen molar-refractivity contribution in [2.45, 2.75) is 44.5 Å². The fraction of sp³-hybridized carbons (Fsp3) is 0.400. The highest BCUT2D eigenvalue weighted by molar-refractivity contribution is 5.78. The predicted octanol–water partition coefficient (Wildman–Crippen LogP) is 5.08. The molecule has 0 spiro atoms. The maximum absolute atomic E-state index is 12.7. The Balaban J connectivity index is 1.52. The number of alkyl halides is 3. The molecule has 0 aliphatic heterocycles. The molecule has 4 nitrogen and oxygen atoms in total. The van der Waals surface area contributed by atoms with Crippen LogP contribution in [-0.4, -0.2) is 27.2 Å². The molecule has 0 unspecified atom stereocenters. The number of hydrogen-bond acceptors (Lipinski definition) is 3. The van der Waals surface area contributed by atoms with Gasteiger partial charge in [0.05, 0.1) is 30.1 Å². The predicted molar refractivity (Wildman–Crippen MR) is 96.2 cm³/mol. The Kier molecular flexibility index (Phi) is 4.86. The lowest BCUT2D eigenvalue weighted by Crippen LogP contribution is -2.12. The van der Waals surface area contributed by atoms with E-state index in [4.69, 9.17) is 4.74 Å². The van der Waals surface area contributed by atoms with Crippen molar-refractivity contribution in [3.63, 3.8) is 0 Å². The van der Waals surface area contributed by atoms with E-state index in [0.717, 1.165) is 36.1 Å². The molecule has 0 amide bonds. The molecule has 3 aromatic rings. The molecule has 0 bridgehead atoms. The number of imidazole rings is 1. The monoisotopic (exact) mass is 375 g/mol. The van der Waals surface area contributed by atoms with Gasteiger partial charge >= 0.3 is 6.18 Å². The molecule has 0 saturated heterocycles. The van der Waals surface area contributed by atoms with Crippen molar-refractivity contribution in [1.29, 1.82) is 0 Å². The van der Waals surface area contributed by atoms with E-state index in [9.17, 15) is 13.2 Å². The van der Waals surface area contributed by atoms with Crippen LogP contribution in [0.4, 0.5) is 13.2 Å². The smallest absolute Gasteiger partial charge is 0.376 e. The maximum atomic E-state index is 12.7. The van der Waals surface area contributed by atoms with Crippen LogP contribution in [0.2, 0.25) is 0 Å². The average molecular weight is 375 g/mol. The van der Waals surface area contributed by atoms with Crippen molar-refractivity contribution < 1.29 is 17.9 Å². The van der Waals surface area contributed by atoms with Gasteiger partial charge in [-0.25, -0.2) is 9.97 Å². The van der Waals surface area contributed by atoms with Gasteiger partial charge in [0.25, 0.3) is 0 Å². The van der Waals surface area contributed by atoms with Crippen molar-refractivity contribution in [3.8, 4) is 11.1 Å². The molecule has 1 saturated carbocycles. The Labute approximate surface area is 155 Å². The van der Waals surface area contributed by atoms with Crippen molar-refractivity contribution in [2.75, 3.05) is 6.61 Å². The molecule has 0 radical (unpaired) electrons. The zero-order valence-corrected chi connectivity index (χ0v) is 14.7. The minimum absolute atomic E-state index is 0.362. The lowest BCUT2D eigenvalue weighted by atomic mass is 10.1. The van der Waals surface area contributed by atoms with Crippen LogP contribution in [0.1, 0.15) is 31.2 Å². The number of aromatic nitrogens is 3. The van der Waals surface area contributed by atoms with Gasteiger partial charge in [0.1, 0.15) is 0 Å². The zero-order chi connectivity index (χ0) is 18.9. The molecular formula is C20H20F3N3O. The summed E-state index contributed by atoms with van der Waals surface area (Å²) in [7, 11) is 0. The number of nitrogens with zero attached hydrogens (tertiary/aromatic N) is 3. The second kappa shape index (κ2) is 7.31. The van der Waals surface area contributed by atoms with E-state index in [-0.39, 0.29) is 0 Å². The van der Waals surface area contributed by atoms with E-state index in [0.29, 0.717) is 30.5 Å². The normalized spacial score (nSPS) is 15.7. The van der Waals surface area contributed by atoms with Crippen LogP contribution in [0.3, 0.4) is 0 Å². The Bertz CT molecular complexity index is 912. The molecule has 2 aromatic heterocycles. The lowest BCUT2D eigenvalue weighted by Gasteiger charge is -2.12. The Hall–Kier alpha value is -2.41. The van der Waals surface area contributed by atoms with E-state index < -0.39 is 11.7 Å². The van der Waals surface area contributed by atoms with Gasteiger partial charge in [-0.15, -0.1) is 0 Å². The molecular weight excluding hydrogens is 355 g/mol. The summed E-state index contributed by atoms with van der Waals surface area (Å²) in [4.78, 5) is 8.64. The highest BCUT2D eigenvalue weighted by Crippen LogP contribution is 2.31. The van der Waals surface area contributed by atoms with Crippen LogP contribution in [0, 0.1) is 0 Å². The minimum atomic E-state index is -4.33. The summed E-state index contributed by atoms with van der Waals surface area (Å²) in [6.45, 7) is 1.28. The van der Waals surface area contributed by atoms with Crippen LogP contribution in [-0.2, 0) is 17.5 Å². The second-order valence-corrected chi connectivity index (χ2v) is 6.86. The number of benzene rings is 1. The first-order chi connectivity index (χ1) is 13.0. The molecule has 0 atom stereocenters. The van der Waals surface area contributed by atoms with Gasteiger partial charge in [0.15, 0.2) is 5.65 Å². The third-order valence-corrected chi connectivity index (χ3v) is 5.01. The van der Waals surface area contributed by atoms with Crippen LogP contribution >= 0.6 is 0 Å². The Morgan fingerprint density at radius 1 is 1.04 bits per heavy atom. The van der Waals surface area contributed by atoms with Gasteiger partial charge in [0, 0.05) is 18.3 Å². The van der Waals surface area contributed by atoms with Crippen LogP contribution < -0.4 is 0 Å². The molecule has 2 heterocycles. The van der Waals surface area contributed by atoms with E-state index in [2.05, 4.69) is 9.97 Å². The third kappa shape index (κ3) is 3.98. The van der Waals surface area contributed by atoms with Gasteiger partial charge in [-0.05, 0) is 36.6 Å². The molecule has 142 valence electrons. The number of ether oxygens (including phenoxy) is 1. The van der Waals surface area contributed by atoms with Crippen molar-refractivity contribution in [3.05, 3.63) is 48.4 Å². The number of pyridine rings is 1. The minimum Gasteiger partial charge on any atom is -0.376 e. The average Bonchev–Trinajstić information content (AvgIpc) is 3.31. The number of fused-ring (bicyclic) bond motifs is 1. The van der Waals surface area contributed by atoms with Gasteiger partial charge in [-0.3, -0.25) is 0 Å². The summed E-state index contributed by atoms with van der Waals surface area (Å²) in [6, 6.07) is 7.03. The fourth-order valence-electron chi connectivity index (χ4n) is 3.50. The lowest BCUT2D eigenvalue weighted by molar-refractivity contribution is -0.137. The molecule has 1 fully saturated rings. The summed E-state index contributed by atoms with van der Waals surface area (Å²) in [5.41, 5.74) is 2.25. The zero-order valence-electron chi connectivity index (χ0n) is 14.7. The topological polar surface area (TPSA) is 39.9 Å². The summed E-state index contributed by atoms with van der Waals surface area (Å²) >= 11 is 0. The first-order valence-electron chi connectivity index (χ1n) is 9.11. The van der Waals surface area contributed by atoms with Crippen LogP contribution in [0.15, 0.2) is 42.9 Å². The number of rotatable bonds is 5. The van der Waals surface area contributed by atoms with E-state index in [1.165, 1.54) is 25.0 Å². The highest BCUT2D eigenvalue weighted by Gasteiger charge is 2.30. The summed E-state index contributed by atoms with van der Waals surface area (Å²) in [6.07, 6.45) is 4.12. The fourth-order valence-corrected chi connectivity index (χ4v) is 3.50. The maximum Gasteiger partial charge on any atom is 0.416 e. The van der Waals surface area contributed by atoms with Crippen molar-refractivity contribution in [2.24, 2.45) is 0 Å². The molecule has 4 rings (SSSR count). The summed E-state index contributed by atoms with van der Waals surface area (Å²) in [5, 5.41) is 0. The van der Waals surface area contributed by atoms with Gasteiger partial charge in [-0.1, -0.05) is 25.0 Å². The number of halogens is 3.